The number of likely N-dealkylation sites (N-methyl/N-ethyl adjacent to an activating group) is 1. The van der Waals surface area contributed by atoms with Crippen molar-refractivity contribution in [1.82, 2.24) is 4.90 Å². The summed E-state index contributed by atoms with van der Waals surface area (Å²) in [6, 6.07) is 7.88. The molecule has 1 N–H and O–H groups in total. The van der Waals surface area contributed by atoms with E-state index in [2.05, 4.69) is 11.9 Å². The van der Waals surface area contributed by atoms with E-state index in [9.17, 15) is 9.90 Å². The van der Waals surface area contributed by atoms with Gasteiger partial charge in [0.05, 0.1) is 9.75 Å². The van der Waals surface area contributed by atoms with Crippen molar-refractivity contribution in [3.8, 4) is 0 Å². The fourth-order valence-corrected chi connectivity index (χ4v) is 6.04. The predicted octanol–water partition coefficient (Wildman–Crippen LogP) is 2.20. The van der Waals surface area contributed by atoms with Crippen LogP contribution in [-0.4, -0.2) is 53.4 Å². The van der Waals surface area contributed by atoms with Gasteiger partial charge < -0.3 is 14.6 Å². The van der Waals surface area contributed by atoms with Crippen LogP contribution in [0.1, 0.15) is 22.6 Å². The Labute approximate surface area is 153 Å². The quantitative estimate of drug-likeness (QED) is 0.654. The summed E-state index contributed by atoms with van der Waals surface area (Å²) < 4.78 is 11.5. The van der Waals surface area contributed by atoms with Gasteiger partial charge in [-0.3, -0.25) is 4.90 Å². The zero-order valence-corrected chi connectivity index (χ0v) is 15.3. The van der Waals surface area contributed by atoms with E-state index in [0.29, 0.717) is 34.0 Å². The van der Waals surface area contributed by atoms with Crippen LogP contribution in [0.4, 0.5) is 0 Å². The number of morpholine rings is 1. The van der Waals surface area contributed by atoms with Crippen molar-refractivity contribution in [2.24, 2.45) is 0 Å². The first-order chi connectivity index (χ1) is 12.1. The molecule has 25 heavy (non-hydrogen) atoms. The summed E-state index contributed by atoms with van der Waals surface area (Å²) >= 11 is 2.73. The van der Waals surface area contributed by atoms with Crippen molar-refractivity contribution in [2.75, 3.05) is 7.05 Å². The third-order valence-electron chi connectivity index (χ3n) is 5.70. The number of epoxide rings is 1. The topological polar surface area (TPSA) is 62.3 Å². The molecule has 2 bridgehead atoms. The van der Waals surface area contributed by atoms with Gasteiger partial charge in [0.1, 0.15) is 18.3 Å². The van der Waals surface area contributed by atoms with Gasteiger partial charge in [0.2, 0.25) is 5.60 Å². The average molecular weight is 377 g/mol. The molecule has 3 aliphatic heterocycles. The third kappa shape index (κ3) is 2.34. The molecule has 2 aromatic heterocycles. The van der Waals surface area contributed by atoms with Gasteiger partial charge >= 0.3 is 5.97 Å². The number of esters is 1. The molecule has 3 saturated heterocycles. The van der Waals surface area contributed by atoms with Crippen molar-refractivity contribution in [1.29, 1.82) is 0 Å². The number of ether oxygens (including phenoxy) is 2. The summed E-state index contributed by atoms with van der Waals surface area (Å²) in [4.78, 5) is 16.6. The summed E-state index contributed by atoms with van der Waals surface area (Å²) in [7, 11) is 2.12. The first-order valence-electron chi connectivity index (χ1n) is 8.48. The van der Waals surface area contributed by atoms with Gasteiger partial charge in [-0.15, -0.1) is 22.7 Å². The summed E-state index contributed by atoms with van der Waals surface area (Å²) in [5.41, 5.74) is -1.72. The van der Waals surface area contributed by atoms with Gasteiger partial charge in [-0.1, -0.05) is 12.1 Å². The smallest absolute Gasteiger partial charge is 0.349 e. The summed E-state index contributed by atoms with van der Waals surface area (Å²) in [5, 5.41) is 15.0. The molecule has 5 atom stereocenters. The molecule has 0 aromatic carbocycles. The normalized spacial score (nSPS) is 33.9. The second-order valence-corrected chi connectivity index (χ2v) is 8.92. The van der Waals surface area contributed by atoms with Gasteiger partial charge in [-0.05, 0) is 29.9 Å². The molecule has 0 radical (unpaired) electrons. The zero-order valence-electron chi connectivity index (χ0n) is 13.7. The number of carbonyl (C=O) groups excluding carboxylic acids is 1. The van der Waals surface area contributed by atoms with E-state index in [1.807, 2.05) is 22.9 Å². The number of aliphatic hydroxyl groups is 1. The molecule has 3 aliphatic rings. The number of piperidine rings is 1. The monoisotopic (exact) mass is 377 g/mol. The highest BCUT2D eigenvalue weighted by Crippen LogP contribution is 2.48. The molecule has 3 fully saturated rings. The lowest BCUT2D eigenvalue weighted by Gasteiger charge is -2.38. The molecule has 1 unspecified atom stereocenters. The van der Waals surface area contributed by atoms with Gasteiger partial charge in [0, 0.05) is 24.9 Å². The Balaban J connectivity index is 1.39. The van der Waals surface area contributed by atoms with E-state index in [4.69, 9.17) is 9.47 Å². The second-order valence-electron chi connectivity index (χ2n) is 7.03. The number of carbonyl (C=O) groups is 1. The van der Waals surface area contributed by atoms with Crippen LogP contribution in [0.25, 0.3) is 0 Å². The molecule has 7 heteroatoms. The standard InChI is InChI=1S/C18H19NO4S2/c1-19-11-8-10(9-12(19)16-15(11)23-16)22-17(20)18(21,13-4-2-6-24-13)14-5-3-7-25-14/h2-7,10-12,15-16,21H,8-9H2,1H3/t10?,11-,12-,15-,16+/m1/s1. The molecule has 0 amide bonds. The first kappa shape index (κ1) is 16.0. The van der Waals surface area contributed by atoms with E-state index < -0.39 is 11.6 Å². The lowest BCUT2D eigenvalue weighted by atomic mass is 9.97. The highest BCUT2D eigenvalue weighted by molar-refractivity contribution is 7.12. The first-order valence-corrected chi connectivity index (χ1v) is 10.2. The minimum absolute atomic E-state index is 0.165. The Hall–Kier alpha value is -1.25. The van der Waals surface area contributed by atoms with Crippen LogP contribution < -0.4 is 0 Å². The third-order valence-corrected chi connectivity index (χ3v) is 7.66. The number of nitrogens with zero attached hydrogens (tertiary/aromatic N) is 1. The van der Waals surface area contributed by atoms with Gasteiger partial charge in [0.25, 0.3) is 0 Å². The van der Waals surface area contributed by atoms with Crippen molar-refractivity contribution in [2.45, 2.75) is 48.8 Å². The number of hydrogen-bond donors (Lipinski definition) is 1. The lowest BCUT2D eigenvalue weighted by molar-refractivity contribution is -0.171. The summed E-state index contributed by atoms with van der Waals surface area (Å²) in [5.74, 6) is -0.569. The van der Waals surface area contributed by atoms with Gasteiger partial charge in [0.15, 0.2) is 0 Å². The molecule has 0 saturated carbocycles. The molecular weight excluding hydrogens is 358 g/mol. The molecule has 0 spiro atoms. The van der Waals surface area contributed by atoms with Crippen LogP contribution in [0, 0.1) is 0 Å². The fraction of sp³-hybridized carbons (Fsp3) is 0.500. The Bertz CT molecular complexity index is 723. The minimum atomic E-state index is -1.72. The molecule has 2 aromatic rings. The van der Waals surface area contributed by atoms with Crippen LogP contribution >= 0.6 is 22.7 Å². The Morgan fingerprint density at radius 3 is 2.24 bits per heavy atom. The van der Waals surface area contributed by atoms with Crippen molar-refractivity contribution in [3.05, 3.63) is 44.8 Å². The van der Waals surface area contributed by atoms with Gasteiger partial charge in [-0.2, -0.15) is 0 Å². The summed E-state index contributed by atoms with van der Waals surface area (Å²) in [6.45, 7) is 0. The largest absolute Gasteiger partial charge is 0.460 e. The van der Waals surface area contributed by atoms with Crippen LogP contribution in [0.15, 0.2) is 35.0 Å². The highest BCUT2D eigenvalue weighted by Gasteiger charge is 2.63. The van der Waals surface area contributed by atoms with Crippen LogP contribution in [0.2, 0.25) is 0 Å². The van der Waals surface area contributed by atoms with Gasteiger partial charge in [-0.25, -0.2) is 4.79 Å². The zero-order chi connectivity index (χ0) is 17.2. The molecule has 0 aliphatic carbocycles. The fourth-order valence-electron chi connectivity index (χ4n) is 4.32. The Morgan fingerprint density at radius 1 is 1.20 bits per heavy atom. The van der Waals surface area contributed by atoms with Crippen molar-refractivity contribution >= 4 is 28.6 Å². The maximum absolute atomic E-state index is 13.0. The van der Waals surface area contributed by atoms with Crippen LogP contribution in [0.3, 0.4) is 0 Å². The molecule has 5 nitrogen and oxygen atoms in total. The average Bonchev–Trinajstić information content (AvgIpc) is 2.97. The molecule has 5 rings (SSSR count). The van der Waals surface area contributed by atoms with E-state index >= 15 is 0 Å². The second kappa shape index (κ2) is 5.62. The van der Waals surface area contributed by atoms with Crippen LogP contribution in [-0.2, 0) is 19.9 Å². The van der Waals surface area contributed by atoms with E-state index in [0.717, 1.165) is 12.8 Å². The minimum Gasteiger partial charge on any atom is -0.460 e. The van der Waals surface area contributed by atoms with E-state index in [1.54, 1.807) is 12.1 Å². The highest BCUT2D eigenvalue weighted by atomic mass is 32.1. The number of thiophene rings is 2. The maximum atomic E-state index is 13.0. The SMILES string of the molecule is CN1[C@@H]2CC(OC(=O)C(O)(c3cccs3)c3cccs3)C[C@@H]1[C@H]1O[C@H]12. The molecular formula is C18H19NO4S2. The molecule has 132 valence electrons. The van der Waals surface area contributed by atoms with Crippen LogP contribution in [0.5, 0.6) is 0 Å². The van der Waals surface area contributed by atoms with Crippen molar-refractivity contribution in [3.63, 3.8) is 0 Å². The number of rotatable bonds is 4. The van der Waals surface area contributed by atoms with Crippen molar-refractivity contribution < 1.29 is 19.4 Å². The maximum Gasteiger partial charge on any atom is 0.349 e. The Kier molecular flexibility index (Phi) is 3.59. The Morgan fingerprint density at radius 2 is 1.76 bits per heavy atom. The molecule has 5 heterocycles. The van der Waals surface area contributed by atoms with E-state index in [1.165, 1.54) is 22.7 Å². The number of fused-ring (bicyclic) bond motifs is 5. The van der Waals surface area contributed by atoms with E-state index in [-0.39, 0.29) is 6.10 Å². The number of hydrogen-bond acceptors (Lipinski definition) is 7. The predicted molar refractivity (Wildman–Crippen MR) is 94.8 cm³/mol. The summed E-state index contributed by atoms with van der Waals surface area (Å²) in [6.07, 6.45) is 1.97. The lowest BCUT2D eigenvalue weighted by Crippen LogP contribution is -2.49.